The summed E-state index contributed by atoms with van der Waals surface area (Å²) in [6.45, 7) is -0.00559. The number of hydrogen-bond acceptors (Lipinski definition) is 3. The molecule has 0 aliphatic carbocycles. The van der Waals surface area contributed by atoms with Gasteiger partial charge in [0.25, 0.3) is 0 Å². The average Bonchev–Trinajstić information content (AvgIpc) is 2.46. The molecule has 0 fully saturated rings. The summed E-state index contributed by atoms with van der Waals surface area (Å²) in [6, 6.07) is 14.1. The standard InChI is InChI=1S/C15H13F3N2O2/c16-15(17,18)22-13-8-6-11(7-9-13)19-10-14(21)20-12-4-2-1-3-5-12/h1-9,19H,10H2,(H,20,21). The van der Waals surface area contributed by atoms with Crippen LogP contribution in [0.5, 0.6) is 5.75 Å². The van der Waals surface area contributed by atoms with E-state index in [1.807, 2.05) is 6.07 Å². The van der Waals surface area contributed by atoms with Crippen molar-refractivity contribution < 1.29 is 22.7 Å². The first-order valence-electron chi connectivity index (χ1n) is 6.37. The lowest BCUT2D eigenvalue weighted by Gasteiger charge is -2.10. The number of nitrogens with one attached hydrogen (secondary N) is 2. The summed E-state index contributed by atoms with van der Waals surface area (Å²) >= 11 is 0. The van der Waals surface area contributed by atoms with E-state index in [9.17, 15) is 18.0 Å². The van der Waals surface area contributed by atoms with E-state index in [2.05, 4.69) is 15.4 Å². The highest BCUT2D eigenvalue weighted by atomic mass is 19.4. The fourth-order valence-corrected chi connectivity index (χ4v) is 1.68. The second-order valence-corrected chi connectivity index (χ2v) is 4.34. The van der Waals surface area contributed by atoms with Crippen LogP contribution < -0.4 is 15.4 Å². The van der Waals surface area contributed by atoms with Gasteiger partial charge in [-0.25, -0.2) is 0 Å². The molecule has 2 aromatic carbocycles. The number of carbonyl (C=O) groups is 1. The molecule has 0 aliphatic heterocycles. The number of rotatable bonds is 5. The van der Waals surface area contributed by atoms with Crippen molar-refractivity contribution in [2.24, 2.45) is 0 Å². The highest BCUT2D eigenvalue weighted by Gasteiger charge is 2.30. The van der Waals surface area contributed by atoms with Gasteiger partial charge in [0.1, 0.15) is 5.75 Å². The van der Waals surface area contributed by atoms with Crippen molar-refractivity contribution >= 4 is 17.3 Å². The van der Waals surface area contributed by atoms with Crippen LogP contribution in [0.2, 0.25) is 0 Å². The zero-order chi connectivity index (χ0) is 16.0. The molecule has 7 heteroatoms. The number of anilines is 2. The quantitative estimate of drug-likeness (QED) is 0.886. The first-order chi connectivity index (χ1) is 10.4. The molecular weight excluding hydrogens is 297 g/mol. The van der Waals surface area contributed by atoms with Crippen LogP contribution in [0.25, 0.3) is 0 Å². The minimum absolute atomic E-state index is 0.00559. The van der Waals surface area contributed by atoms with Crippen molar-refractivity contribution in [3.63, 3.8) is 0 Å². The van der Waals surface area contributed by atoms with Gasteiger partial charge in [0, 0.05) is 11.4 Å². The van der Waals surface area contributed by atoms with Crippen molar-refractivity contribution in [2.45, 2.75) is 6.36 Å². The number of benzene rings is 2. The Balaban J connectivity index is 1.83. The lowest BCUT2D eigenvalue weighted by molar-refractivity contribution is -0.274. The Morgan fingerprint density at radius 3 is 2.18 bits per heavy atom. The second-order valence-electron chi connectivity index (χ2n) is 4.34. The van der Waals surface area contributed by atoms with Gasteiger partial charge in [-0.1, -0.05) is 18.2 Å². The van der Waals surface area contributed by atoms with Crippen molar-refractivity contribution in [3.8, 4) is 5.75 Å². The molecule has 2 rings (SSSR count). The van der Waals surface area contributed by atoms with E-state index in [-0.39, 0.29) is 18.2 Å². The summed E-state index contributed by atoms with van der Waals surface area (Å²) in [5, 5.41) is 5.49. The predicted octanol–water partition coefficient (Wildman–Crippen LogP) is 3.64. The van der Waals surface area contributed by atoms with E-state index in [4.69, 9.17) is 0 Å². The molecule has 4 nitrogen and oxygen atoms in total. The van der Waals surface area contributed by atoms with Gasteiger partial charge in [-0.05, 0) is 36.4 Å². The topological polar surface area (TPSA) is 50.4 Å². The van der Waals surface area contributed by atoms with Gasteiger partial charge in [0.05, 0.1) is 6.54 Å². The second kappa shape index (κ2) is 6.84. The summed E-state index contributed by atoms with van der Waals surface area (Å²) in [6.07, 6.45) is -4.72. The number of para-hydroxylation sites is 1. The fraction of sp³-hybridized carbons (Fsp3) is 0.133. The number of alkyl halides is 3. The molecule has 0 atom stereocenters. The van der Waals surface area contributed by atoms with Crippen LogP contribution in [0.1, 0.15) is 0 Å². The number of carbonyl (C=O) groups excluding carboxylic acids is 1. The third-order valence-corrected chi connectivity index (χ3v) is 2.60. The highest BCUT2D eigenvalue weighted by molar-refractivity contribution is 5.93. The number of ether oxygens (including phenoxy) is 1. The van der Waals surface area contributed by atoms with E-state index in [1.165, 1.54) is 24.3 Å². The Morgan fingerprint density at radius 2 is 1.59 bits per heavy atom. The van der Waals surface area contributed by atoms with Gasteiger partial charge in [-0.3, -0.25) is 4.79 Å². The summed E-state index contributed by atoms with van der Waals surface area (Å²) in [5.74, 6) is -0.575. The van der Waals surface area contributed by atoms with Crippen LogP contribution in [0.3, 0.4) is 0 Å². The Labute approximate surface area is 124 Å². The third-order valence-electron chi connectivity index (χ3n) is 2.60. The monoisotopic (exact) mass is 310 g/mol. The van der Waals surface area contributed by atoms with Crippen molar-refractivity contribution in [1.82, 2.24) is 0 Å². The summed E-state index contributed by atoms with van der Waals surface area (Å²) < 4.78 is 39.8. The molecule has 0 radical (unpaired) electrons. The maximum atomic E-state index is 12.0. The van der Waals surface area contributed by atoms with Crippen LogP contribution >= 0.6 is 0 Å². The lowest BCUT2D eigenvalue weighted by Crippen LogP contribution is -2.21. The molecule has 22 heavy (non-hydrogen) atoms. The van der Waals surface area contributed by atoms with Gasteiger partial charge in [0.15, 0.2) is 0 Å². The largest absolute Gasteiger partial charge is 0.573 e. The maximum absolute atomic E-state index is 12.0. The predicted molar refractivity (Wildman–Crippen MR) is 76.7 cm³/mol. The van der Waals surface area contributed by atoms with Gasteiger partial charge in [0.2, 0.25) is 5.91 Å². The third kappa shape index (κ3) is 5.35. The molecule has 2 N–H and O–H groups in total. The number of halogens is 3. The maximum Gasteiger partial charge on any atom is 0.573 e. The molecule has 0 heterocycles. The Kier molecular flexibility index (Phi) is 4.88. The zero-order valence-corrected chi connectivity index (χ0v) is 11.4. The Morgan fingerprint density at radius 1 is 0.955 bits per heavy atom. The first-order valence-corrected chi connectivity index (χ1v) is 6.37. The minimum atomic E-state index is -4.72. The summed E-state index contributed by atoms with van der Waals surface area (Å²) in [7, 11) is 0. The van der Waals surface area contributed by atoms with Crippen LogP contribution in [0.15, 0.2) is 54.6 Å². The minimum Gasteiger partial charge on any atom is -0.406 e. The van der Waals surface area contributed by atoms with E-state index in [0.29, 0.717) is 11.4 Å². The van der Waals surface area contributed by atoms with E-state index in [1.54, 1.807) is 24.3 Å². The van der Waals surface area contributed by atoms with Crippen LogP contribution in [0, 0.1) is 0 Å². The summed E-state index contributed by atoms with van der Waals surface area (Å²) in [5.41, 5.74) is 1.18. The zero-order valence-electron chi connectivity index (χ0n) is 11.4. The average molecular weight is 310 g/mol. The van der Waals surface area contributed by atoms with Gasteiger partial charge >= 0.3 is 6.36 Å². The molecule has 0 aliphatic rings. The van der Waals surface area contributed by atoms with Crippen LogP contribution in [0.4, 0.5) is 24.5 Å². The van der Waals surface area contributed by atoms with Gasteiger partial charge in [-0.2, -0.15) is 0 Å². The first kappa shape index (κ1) is 15.7. The molecule has 2 aromatic rings. The molecule has 0 saturated heterocycles. The Hall–Kier alpha value is -2.70. The molecule has 1 amide bonds. The lowest BCUT2D eigenvalue weighted by atomic mass is 10.3. The fourth-order valence-electron chi connectivity index (χ4n) is 1.68. The van der Waals surface area contributed by atoms with Crippen molar-refractivity contribution in [3.05, 3.63) is 54.6 Å². The molecule has 0 aromatic heterocycles. The molecule has 116 valence electrons. The SMILES string of the molecule is O=C(CNc1ccc(OC(F)(F)F)cc1)Nc1ccccc1. The molecule has 0 saturated carbocycles. The Bertz CT molecular complexity index is 613. The van der Waals surface area contributed by atoms with Crippen molar-refractivity contribution in [1.29, 1.82) is 0 Å². The normalized spacial score (nSPS) is 10.9. The molecule has 0 bridgehead atoms. The van der Waals surface area contributed by atoms with E-state index in [0.717, 1.165) is 0 Å². The number of amides is 1. The summed E-state index contributed by atoms with van der Waals surface area (Å²) in [4.78, 5) is 11.7. The molecular formula is C15H13F3N2O2. The van der Waals surface area contributed by atoms with E-state index >= 15 is 0 Å². The van der Waals surface area contributed by atoms with Gasteiger partial charge in [-0.15, -0.1) is 13.2 Å². The van der Waals surface area contributed by atoms with Crippen molar-refractivity contribution in [2.75, 3.05) is 17.2 Å². The highest BCUT2D eigenvalue weighted by Crippen LogP contribution is 2.23. The molecule has 0 unspecified atom stereocenters. The van der Waals surface area contributed by atoms with Gasteiger partial charge < -0.3 is 15.4 Å². The van der Waals surface area contributed by atoms with Crippen LogP contribution in [-0.2, 0) is 4.79 Å². The molecule has 0 spiro atoms. The van der Waals surface area contributed by atoms with E-state index < -0.39 is 6.36 Å². The van der Waals surface area contributed by atoms with Crippen LogP contribution in [-0.4, -0.2) is 18.8 Å². The number of hydrogen-bond donors (Lipinski definition) is 2. The smallest absolute Gasteiger partial charge is 0.406 e.